The van der Waals surface area contributed by atoms with Crippen LogP contribution in [0.2, 0.25) is 0 Å². The summed E-state index contributed by atoms with van der Waals surface area (Å²) >= 11 is 3.55. The van der Waals surface area contributed by atoms with Gasteiger partial charge in [0.25, 0.3) is 0 Å². The standard InChI is InChI=1S/C13H16BrN3/c1-8-6-9(14)7-11-12(8)16-13(15)17(11)10-4-2-3-5-10/h6-7,10H,2-5H2,1H3,(H2,15,16). The molecule has 1 aliphatic carbocycles. The first-order valence-corrected chi connectivity index (χ1v) is 6.89. The number of anilines is 1. The third kappa shape index (κ3) is 1.75. The summed E-state index contributed by atoms with van der Waals surface area (Å²) in [5.74, 6) is 0.660. The van der Waals surface area contributed by atoms with Crippen molar-refractivity contribution < 1.29 is 0 Å². The molecule has 1 aromatic carbocycles. The van der Waals surface area contributed by atoms with E-state index in [-0.39, 0.29) is 0 Å². The van der Waals surface area contributed by atoms with Crippen molar-refractivity contribution >= 4 is 32.9 Å². The third-order valence-corrected chi connectivity index (χ3v) is 4.13. The Bertz CT molecular complexity index is 568. The molecule has 17 heavy (non-hydrogen) atoms. The molecule has 2 aromatic rings. The molecule has 0 atom stereocenters. The average molecular weight is 294 g/mol. The fourth-order valence-corrected chi connectivity index (χ4v) is 3.45. The van der Waals surface area contributed by atoms with Crippen LogP contribution in [0.15, 0.2) is 16.6 Å². The summed E-state index contributed by atoms with van der Waals surface area (Å²) in [5.41, 5.74) is 9.47. The van der Waals surface area contributed by atoms with Gasteiger partial charge < -0.3 is 10.3 Å². The van der Waals surface area contributed by atoms with E-state index < -0.39 is 0 Å². The molecule has 0 spiro atoms. The van der Waals surface area contributed by atoms with Crippen LogP contribution in [0.5, 0.6) is 0 Å². The minimum atomic E-state index is 0.536. The monoisotopic (exact) mass is 293 g/mol. The predicted octanol–water partition coefficient (Wildman–Crippen LogP) is 3.80. The molecule has 3 nitrogen and oxygen atoms in total. The van der Waals surface area contributed by atoms with Gasteiger partial charge in [0.15, 0.2) is 0 Å². The van der Waals surface area contributed by atoms with Crippen LogP contribution in [0.3, 0.4) is 0 Å². The number of aromatic nitrogens is 2. The van der Waals surface area contributed by atoms with Gasteiger partial charge in [-0.05, 0) is 37.5 Å². The zero-order chi connectivity index (χ0) is 12.0. The highest BCUT2D eigenvalue weighted by Gasteiger charge is 2.22. The summed E-state index contributed by atoms with van der Waals surface area (Å²) in [5, 5.41) is 0. The Balaban J connectivity index is 2.25. The van der Waals surface area contributed by atoms with E-state index in [9.17, 15) is 0 Å². The van der Waals surface area contributed by atoms with Crippen molar-refractivity contribution in [3.05, 3.63) is 22.2 Å². The number of nitrogens with zero attached hydrogens (tertiary/aromatic N) is 2. The lowest BCUT2D eigenvalue weighted by Gasteiger charge is -2.14. The van der Waals surface area contributed by atoms with E-state index in [1.54, 1.807) is 0 Å². The van der Waals surface area contributed by atoms with E-state index >= 15 is 0 Å². The maximum atomic E-state index is 6.09. The third-order valence-electron chi connectivity index (χ3n) is 3.67. The number of nitrogen functional groups attached to an aromatic ring is 1. The number of nitrogens with two attached hydrogens (primary N) is 1. The number of imidazole rings is 1. The molecular formula is C13H16BrN3. The minimum absolute atomic E-state index is 0.536. The molecule has 1 heterocycles. The second kappa shape index (κ2) is 4.02. The lowest BCUT2D eigenvalue weighted by molar-refractivity contribution is 0.539. The fraction of sp³-hybridized carbons (Fsp3) is 0.462. The van der Waals surface area contributed by atoms with Crippen LogP contribution in [0, 0.1) is 6.92 Å². The van der Waals surface area contributed by atoms with Crippen molar-refractivity contribution in [2.45, 2.75) is 38.6 Å². The molecule has 1 saturated carbocycles. The number of rotatable bonds is 1. The quantitative estimate of drug-likeness (QED) is 0.869. The first-order chi connectivity index (χ1) is 8.16. The molecule has 0 amide bonds. The van der Waals surface area contributed by atoms with Crippen molar-refractivity contribution in [2.24, 2.45) is 0 Å². The predicted molar refractivity (Wildman–Crippen MR) is 74.1 cm³/mol. The van der Waals surface area contributed by atoms with Gasteiger partial charge in [-0.1, -0.05) is 28.8 Å². The van der Waals surface area contributed by atoms with Crippen LogP contribution in [0.1, 0.15) is 37.3 Å². The summed E-state index contributed by atoms with van der Waals surface area (Å²) in [4.78, 5) is 4.52. The molecule has 4 heteroatoms. The zero-order valence-corrected chi connectivity index (χ0v) is 11.5. The number of aryl methyl sites for hydroxylation is 1. The number of benzene rings is 1. The van der Waals surface area contributed by atoms with Crippen LogP contribution in [-0.2, 0) is 0 Å². The molecule has 0 aliphatic heterocycles. The zero-order valence-electron chi connectivity index (χ0n) is 9.91. The molecule has 90 valence electrons. The Morgan fingerprint density at radius 2 is 2.06 bits per heavy atom. The Hall–Kier alpha value is -1.03. The first kappa shape index (κ1) is 11.1. The van der Waals surface area contributed by atoms with Crippen molar-refractivity contribution in [3.8, 4) is 0 Å². The van der Waals surface area contributed by atoms with Gasteiger partial charge in [0.1, 0.15) is 0 Å². The van der Waals surface area contributed by atoms with E-state index in [2.05, 4.69) is 44.5 Å². The van der Waals surface area contributed by atoms with Crippen molar-refractivity contribution in [1.82, 2.24) is 9.55 Å². The number of hydrogen-bond acceptors (Lipinski definition) is 2. The fourth-order valence-electron chi connectivity index (χ4n) is 2.88. The Morgan fingerprint density at radius 1 is 1.35 bits per heavy atom. The molecule has 0 unspecified atom stereocenters. The van der Waals surface area contributed by atoms with Crippen LogP contribution in [0.25, 0.3) is 11.0 Å². The normalized spacial score (nSPS) is 17.1. The second-order valence-corrected chi connectivity index (χ2v) is 5.78. The highest BCUT2D eigenvalue weighted by molar-refractivity contribution is 9.10. The Morgan fingerprint density at radius 3 is 2.76 bits per heavy atom. The highest BCUT2D eigenvalue weighted by Crippen LogP contribution is 2.36. The van der Waals surface area contributed by atoms with Gasteiger partial charge >= 0.3 is 0 Å². The molecule has 0 bridgehead atoms. The largest absolute Gasteiger partial charge is 0.369 e. The van der Waals surface area contributed by atoms with Crippen molar-refractivity contribution in [3.63, 3.8) is 0 Å². The van der Waals surface area contributed by atoms with Gasteiger partial charge in [-0.15, -0.1) is 0 Å². The topological polar surface area (TPSA) is 43.8 Å². The molecule has 1 fully saturated rings. The van der Waals surface area contributed by atoms with E-state index in [1.807, 2.05) is 0 Å². The molecule has 0 saturated heterocycles. The maximum Gasteiger partial charge on any atom is 0.201 e. The number of fused-ring (bicyclic) bond motifs is 1. The molecular weight excluding hydrogens is 278 g/mol. The van der Waals surface area contributed by atoms with E-state index in [0.717, 1.165) is 9.99 Å². The van der Waals surface area contributed by atoms with Crippen molar-refractivity contribution in [1.29, 1.82) is 0 Å². The van der Waals surface area contributed by atoms with Crippen LogP contribution in [0.4, 0.5) is 5.95 Å². The lowest BCUT2D eigenvalue weighted by Crippen LogP contribution is -2.08. The van der Waals surface area contributed by atoms with E-state index in [1.165, 1.54) is 36.8 Å². The summed E-state index contributed by atoms with van der Waals surface area (Å²) in [6.07, 6.45) is 5.05. The number of hydrogen-bond donors (Lipinski definition) is 1. The molecule has 1 aliphatic rings. The van der Waals surface area contributed by atoms with Crippen LogP contribution < -0.4 is 5.73 Å². The van der Waals surface area contributed by atoms with Gasteiger partial charge in [0.2, 0.25) is 5.95 Å². The molecule has 1 aromatic heterocycles. The summed E-state index contributed by atoms with van der Waals surface area (Å²) in [7, 11) is 0. The lowest BCUT2D eigenvalue weighted by atomic mass is 10.2. The van der Waals surface area contributed by atoms with Gasteiger partial charge in [-0.2, -0.15) is 0 Å². The molecule has 0 radical (unpaired) electrons. The SMILES string of the molecule is Cc1cc(Br)cc2c1nc(N)n2C1CCCC1. The summed E-state index contributed by atoms with van der Waals surface area (Å²) in [6.45, 7) is 2.08. The average Bonchev–Trinajstić information content (AvgIpc) is 2.84. The van der Waals surface area contributed by atoms with E-state index in [4.69, 9.17) is 5.73 Å². The highest BCUT2D eigenvalue weighted by atomic mass is 79.9. The van der Waals surface area contributed by atoms with Gasteiger partial charge in [0, 0.05) is 10.5 Å². The summed E-state index contributed by atoms with van der Waals surface area (Å²) in [6, 6.07) is 4.76. The first-order valence-electron chi connectivity index (χ1n) is 6.10. The van der Waals surface area contributed by atoms with Gasteiger partial charge in [0.05, 0.1) is 11.0 Å². The van der Waals surface area contributed by atoms with Gasteiger partial charge in [-0.3, -0.25) is 0 Å². The molecule has 2 N–H and O–H groups in total. The maximum absolute atomic E-state index is 6.09. The second-order valence-electron chi connectivity index (χ2n) is 4.87. The molecule has 3 rings (SSSR count). The van der Waals surface area contributed by atoms with Crippen LogP contribution >= 0.6 is 15.9 Å². The van der Waals surface area contributed by atoms with Gasteiger partial charge in [-0.25, -0.2) is 4.98 Å². The minimum Gasteiger partial charge on any atom is -0.369 e. The van der Waals surface area contributed by atoms with Crippen LogP contribution in [-0.4, -0.2) is 9.55 Å². The van der Waals surface area contributed by atoms with Crippen molar-refractivity contribution in [2.75, 3.05) is 5.73 Å². The van der Waals surface area contributed by atoms with E-state index in [0.29, 0.717) is 12.0 Å². The summed E-state index contributed by atoms with van der Waals surface area (Å²) < 4.78 is 3.32. The Labute approximate surface area is 109 Å². The Kier molecular flexibility index (Phi) is 2.62. The smallest absolute Gasteiger partial charge is 0.201 e. The number of halogens is 1.